The molecule has 3 atom stereocenters. The molecule has 6 heteroatoms. The lowest BCUT2D eigenvalue weighted by Gasteiger charge is -2.33. The van der Waals surface area contributed by atoms with Crippen molar-refractivity contribution in [1.29, 1.82) is 0 Å². The first-order valence-corrected chi connectivity index (χ1v) is 8.47. The molecule has 1 amide bonds. The van der Waals surface area contributed by atoms with Gasteiger partial charge in [0.15, 0.2) is 9.84 Å². The van der Waals surface area contributed by atoms with Crippen molar-refractivity contribution in [2.24, 2.45) is 11.7 Å². The fraction of sp³-hybridized carbons (Fsp3) is 0.917. The zero-order valence-electron chi connectivity index (χ0n) is 11.4. The van der Waals surface area contributed by atoms with E-state index in [0.717, 1.165) is 25.5 Å². The van der Waals surface area contributed by atoms with E-state index in [2.05, 4.69) is 0 Å². The van der Waals surface area contributed by atoms with Gasteiger partial charge in [0.1, 0.15) is 5.25 Å². The third kappa shape index (κ3) is 3.23. The van der Waals surface area contributed by atoms with Crippen LogP contribution in [0.1, 0.15) is 33.1 Å². The molecule has 0 aromatic rings. The van der Waals surface area contributed by atoms with Crippen LogP contribution >= 0.6 is 0 Å². The van der Waals surface area contributed by atoms with Gasteiger partial charge in [-0.15, -0.1) is 0 Å². The van der Waals surface area contributed by atoms with Gasteiger partial charge >= 0.3 is 0 Å². The van der Waals surface area contributed by atoms with E-state index in [-0.39, 0.29) is 11.9 Å². The van der Waals surface area contributed by atoms with Gasteiger partial charge in [-0.2, -0.15) is 0 Å². The van der Waals surface area contributed by atoms with Crippen LogP contribution in [0, 0.1) is 5.92 Å². The highest BCUT2D eigenvalue weighted by Gasteiger charge is 2.36. The second-order valence-corrected chi connectivity index (χ2v) is 7.46. The van der Waals surface area contributed by atoms with E-state index in [1.54, 1.807) is 4.90 Å². The lowest BCUT2D eigenvalue weighted by Crippen LogP contribution is -2.49. The van der Waals surface area contributed by atoms with Crippen LogP contribution in [0.4, 0.5) is 0 Å². The molecule has 0 radical (unpaired) electrons. The normalized spacial score (nSPS) is 26.0. The van der Waals surface area contributed by atoms with E-state index in [1.165, 1.54) is 6.92 Å². The molecule has 0 aromatic heterocycles. The molecule has 2 N–H and O–H groups in total. The molecule has 1 fully saturated rings. The summed E-state index contributed by atoms with van der Waals surface area (Å²) in [7, 11) is -3.33. The Morgan fingerprint density at radius 1 is 1.44 bits per heavy atom. The van der Waals surface area contributed by atoms with Crippen LogP contribution in [0.15, 0.2) is 0 Å². The quantitative estimate of drug-likeness (QED) is 0.788. The number of nitrogens with two attached hydrogens (primary N) is 1. The highest BCUT2D eigenvalue weighted by Crippen LogP contribution is 2.29. The van der Waals surface area contributed by atoms with Gasteiger partial charge < -0.3 is 10.6 Å². The van der Waals surface area contributed by atoms with Gasteiger partial charge in [-0.05, 0) is 39.2 Å². The fourth-order valence-electron chi connectivity index (χ4n) is 2.67. The van der Waals surface area contributed by atoms with Crippen molar-refractivity contribution in [3.05, 3.63) is 0 Å². The van der Waals surface area contributed by atoms with Crippen LogP contribution in [0.2, 0.25) is 0 Å². The smallest absolute Gasteiger partial charge is 0.240 e. The first-order chi connectivity index (χ1) is 8.32. The summed E-state index contributed by atoms with van der Waals surface area (Å²) < 4.78 is 23.0. The van der Waals surface area contributed by atoms with Gasteiger partial charge in [0.2, 0.25) is 5.91 Å². The molecule has 1 saturated carbocycles. The number of nitrogens with zero attached hydrogens (tertiary/aromatic N) is 1. The molecule has 1 aliphatic rings. The maximum absolute atomic E-state index is 12.3. The Bertz CT molecular complexity index is 394. The van der Waals surface area contributed by atoms with Gasteiger partial charge in [-0.25, -0.2) is 8.42 Å². The molecule has 3 unspecified atom stereocenters. The molecule has 0 bridgehead atoms. The molecule has 0 saturated heterocycles. The second kappa shape index (κ2) is 6.02. The van der Waals surface area contributed by atoms with Gasteiger partial charge in [0, 0.05) is 18.8 Å². The van der Waals surface area contributed by atoms with E-state index in [0.29, 0.717) is 19.0 Å². The molecule has 0 heterocycles. The topological polar surface area (TPSA) is 80.5 Å². The van der Waals surface area contributed by atoms with Crippen molar-refractivity contribution >= 4 is 15.7 Å². The largest absolute Gasteiger partial charge is 0.339 e. The number of carbonyl (C=O) groups is 1. The van der Waals surface area contributed by atoms with Crippen LogP contribution in [-0.4, -0.2) is 49.9 Å². The Labute approximate surface area is 110 Å². The number of hydrogen-bond donors (Lipinski definition) is 1. The van der Waals surface area contributed by atoms with E-state index < -0.39 is 15.1 Å². The van der Waals surface area contributed by atoms with Gasteiger partial charge in [0.25, 0.3) is 0 Å². The van der Waals surface area contributed by atoms with Crippen molar-refractivity contribution in [3.8, 4) is 0 Å². The SMILES string of the molecule is CCN(C(=O)C(C)S(C)(=O)=O)C1CCCC1CN. The lowest BCUT2D eigenvalue weighted by atomic mass is 10.0. The van der Waals surface area contributed by atoms with Crippen molar-refractivity contribution < 1.29 is 13.2 Å². The van der Waals surface area contributed by atoms with Gasteiger partial charge in [0.05, 0.1) is 0 Å². The molecule has 0 aliphatic heterocycles. The summed E-state index contributed by atoms with van der Waals surface area (Å²) in [5.41, 5.74) is 5.72. The summed E-state index contributed by atoms with van der Waals surface area (Å²) in [6.07, 6.45) is 4.12. The number of rotatable bonds is 5. The Kier molecular flexibility index (Phi) is 5.16. The monoisotopic (exact) mass is 276 g/mol. The number of sulfone groups is 1. The summed E-state index contributed by atoms with van der Waals surface area (Å²) >= 11 is 0. The fourth-order valence-corrected chi connectivity index (χ4v) is 3.17. The summed E-state index contributed by atoms with van der Waals surface area (Å²) in [6.45, 7) is 4.45. The first-order valence-electron chi connectivity index (χ1n) is 6.52. The summed E-state index contributed by atoms with van der Waals surface area (Å²) in [4.78, 5) is 14.0. The number of carbonyl (C=O) groups excluding carboxylic acids is 1. The highest BCUT2D eigenvalue weighted by molar-refractivity contribution is 7.92. The van der Waals surface area contributed by atoms with Crippen LogP contribution in [0.5, 0.6) is 0 Å². The van der Waals surface area contributed by atoms with E-state index in [9.17, 15) is 13.2 Å². The summed E-state index contributed by atoms with van der Waals surface area (Å²) in [5, 5.41) is -0.962. The zero-order valence-corrected chi connectivity index (χ0v) is 12.2. The molecule has 1 rings (SSSR count). The molecular formula is C12H24N2O3S. The van der Waals surface area contributed by atoms with E-state index in [1.807, 2.05) is 6.92 Å². The van der Waals surface area contributed by atoms with Gasteiger partial charge in [-0.1, -0.05) is 6.42 Å². The molecule has 106 valence electrons. The van der Waals surface area contributed by atoms with Crippen molar-refractivity contribution in [3.63, 3.8) is 0 Å². The van der Waals surface area contributed by atoms with Crippen molar-refractivity contribution in [2.75, 3.05) is 19.3 Å². The van der Waals surface area contributed by atoms with E-state index >= 15 is 0 Å². The molecule has 0 spiro atoms. The second-order valence-electron chi connectivity index (χ2n) is 5.09. The van der Waals surface area contributed by atoms with Crippen LogP contribution < -0.4 is 5.73 Å². The molecule has 18 heavy (non-hydrogen) atoms. The average molecular weight is 276 g/mol. The lowest BCUT2D eigenvalue weighted by molar-refractivity contribution is -0.133. The molecule has 0 aromatic carbocycles. The van der Waals surface area contributed by atoms with Crippen molar-refractivity contribution in [1.82, 2.24) is 4.90 Å². The number of amides is 1. The minimum atomic E-state index is -3.33. The first kappa shape index (κ1) is 15.4. The standard InChI is InChI=1S/C12H24N2O3S/c1-4-14(11-7-5-6-10(11)8-13)12(15)9(2)18(3,16)17/h9-11H,4-8,13H2,1-3H3. The van der Waals surface area contributed by atoms with Crippen molar-refractivity contribution in [2.45, 2.75) is 44.4 Å². The molecule has 5 nitrogen and oxygen atoms in total. The van der Waals surface area contributed by atoms with Crippen LogP contribution in [-0.2, 0) is 14.6 Å². The Morgan fingerprint density at radius 2 is 2.06 bits per heavy atom. The highest BCUT2D eigenvalue weighted by atomic mass is 32.2. The minimum absolute atomic E-state index is 0.108. The summed E-state index contributed by atoms with van der Waals surface area (Å²) in [6, 6.07) is 0.108. The zero-order chi connectivity index (χ0) is 13.9. The third-order valence-corrected chi connectivity index (χ3v) is 5.42. The van der Waals surface area contributed by atoms with Gasteiger partial charge in [-0.3, -0.25) is 4.79 Å². The number of hydrogen-bond acceptors (Lipinski definition) is 4. The molecule has 1 aliphatic carbocycles. The predicted molar refractivity (Wildman–Crippen MR) is 71.9 cm³/mol. The predicted octanol–water partition coefficient (Wildman–Crippen LogP) is 0.395. The maximum Gasteiger partial charge on any atom is 0.240 e. The maximum atomic E-state index is 12.3. The summed E-state index contributed by atoms with van der Waals surface area (Å²) in [5.74, 6) is 0.0195. The van der Waals surface area contributed by atoms with Crippen LogP contribution in [0.25, 0.3) is 0 Å². The molecular weight excluding hydrogens is 252 g/mol. The average Bonchev–Trinajstić information content (AvgIpc) is 2.75. The Balaban J connectivity index is 2.86. The van der Waals surface area contributed by atoms with Crippen LogP contribution in [0.3, 0.4) is 0 Å². The third-order valence-electron chi connectivity index (χ3n) is 3.94. The minimum Gasteiger partial charge on any atom is -0.339 e. The Hall–Kier alpha value is -0.620. The Morgan fingerprint density at radius 3 is 2.50 bits per heavy atom. The van der Waals surface area contributed by atoms with E-state index in [4.69, 9.17) is 5.73 Å².